The normalized spacial score (nSPS) is 57.3. The van der Waals surface area contributed by atoms with E-state index in [2.05, 4.69) is 33.8 Å². The van der Waals surface area contributed by atoms with Gasteiger partial charge < -0.3 is 14.6 Å². The maximum Gasteiger partial charge on any atom is 0.336 e. The van der Waals surface area contributed by atoms with Gasteiger partial charge in [-0.15, -0.1) is 0 Å². The van der Waals surface area contributed by atoms with Crippen LogP contribution >= 0.6 is 0 Å². The lowest BCUT2D eigenvalue weighted by molar-refractivity contribution is -0.226. The zero-order valence-corrected chi connectivity index (χ0v) is 21.9. The van der Waals surface area contributed by atoms with Crippen molar-refractivity contribution >= 4 is 11.8 Å². The summed E-state index contributed by atoms with van der Waals surface area (Å²) in [5, 5.41) is 11.1. The van der Waals surface area contributed by atoms with E-state index in [4.69, 9.17) is 9.47 Å². The van der Waals surface area contributed by atoms with E-state index in [1.165, 1.54) is 25.7 Å². The van der Waals surface area contributed by atoms with E-state index in [1.807, 2.05) is 6.08 Å². The van der Waals surface area contributed by atoms with E-state index >= 15 is 0 Å². The molecule has 2 heterocycles. The summed E-state index contributed by atoms with van der Waals surface area (Å²) in [6.07, 6.45) is 13.9. The number of carbonyl (C=O) groups excluding carboxylic acids is 2. The van der Waals surface area contributed by atoms with Crippen LogP contribution < -0.4 is 0 Å². The molecule has 1 saturated heterocycles. The first kappa shape index (κ1) is 22.7. The first-order valence-electron chi connectivity index (χ1n) is 13.9. The molecule has 2 aliphatic heterocycles. The molecule has 7 rings (SSSR count). The molecule has 35 heavy (non-hydrogen) atoms. The number of ketones is 1. The standard InChI is InChI=1S/C30H40O5/c1-17-14-30(34-23(17)32)15-18(24(33)35-30)19-8-10-27(5)21-7-6-20-25(2,3)22(31)9-11-28(20)16-29(21,28)13-12-26(19,27)4/h9,11,14,18-21,24,33H,6-8,10,12-13,15-16H2,1-5H3/t18-,19-,20+,21+,24+,26-,27+,28+,29+,30-/m1/s1. The Kier molecular flexibility index (Phi) is 4.10. The van der Waals surface area contributed by atoms with E-state index < -0.39 is 12.1 Å². The van der Waals surface area contributed by atoms with Crippen LogP contribution in [-0.2, 0) is 19.1 Å². The molecule has 0 unspecified atom stereocenters. The summed E-state index contributed by atoms with van der Waals surface area (Å²) in [4.78, 5) is 24.9. The highest BCUT2D eigenvalue weighted by atomic mass is 16.8. The Morgan fingerprint density at radius 2 is 1.71 bits per heavy atom. The molecule has 0 radical (unpaired) electrons. The molecule has 0 amide bonds. The second kappa shape index (κ2) is 6.32. The maximum atomic E-state index is 12.8. The second-order valence-corrected chi connectivity index (χ2v) is 14.4. The van der Waals surface area contributed by atoms with E-state index in [1.54, 1.807) is 13.0 Å². The first-order chi connectivity index (χ1) is 16.3. The van der Waals surface area contributed by atoms with Gasteiger partial charge in [0.15, 0.2) is 12.1 Å². The summed E-state index contributed by atoms with van der Waals surface area (Å²) >= 11 is 0. The Morgan fingerprint density at radius 1 is 0.971 bits per heavy atom. The monoisotopic (exact) mass is 480 g/mol. The van der Waals surface area contributed by atoms with E-state index in [-0.39, 0.29) is 33.5 Å². The van der Waals surface area contributed by atoms with E-state index in [0.717, 1.165) is 19.3 Å². The average Bonchev–Trinajstić information content (AvgIpc) is 3.08. The van der Waals surface area contributed by atoms with Gasteiger partial charge in [-0.2, -0.15) is 0 Å². The zero-order valence-electron chi connectivity index (χ0n) is 21.9. The molecular weight excluding hydrogens is 440 g/mol. The van der Waals surface area contributed by atoms with Crippen molar-refractivity contribution in [2.75, 3.05) is 0 Å². The lowest BCUT2D eigenvalue weighted by Gasteiger charge is -2.62. The number of esters is 1. The average molecular weight is 481 g/mol. The van der Waals surface area contributed by atoms with Crippen molar-refractivity contribution in [3.05, 3.63) is 23.8 Å². The van der Waals surface area contributed by atoms with Crippen LogP contribution in [0.15, 0.2) is 23.8 Å². The summed E-state index contributed by atoms with van der Waals surface area (Å²) in [6.45, 7) is 11.2. The van der Waals surface area contributed by atoms with Crippen LogP contribution in [-0.4, -0.2) is 28.9 Å². The van der Waals surface area contributed by atoms with E-state index in [0.29, 0.717) is 40.9 Å². The van der Waals surface area contributed by atoms with Gasteiger partial charge in [-0.25, -0.2) is 4.79 Å². The van der Waals surface area contributed by atoms with Crippen LogP contribution in [0.2, 0.25) is 0 Å². The van der Waals surface area contributed by atoms with Crippen LogP contribution in [0.5, 0.6) is 0 Å². The molecule has 5 fully saturated rings. The predicted molar refractivity (Wildman–Crippen MR) is 130 cm³/mol. The Labute approximate surface area is 208 Å². The van der Waals surface area contributed by atoms with Crippen LogP contribution in [0.3, 0.4) is 0 Å². The SMILES string of the molecule is CC1=C[C@@]2(C[C@H]([C@H]3CC[C@@]4(C)[C@@H]5CC[C@H]6C(C)(C)C(=O)C=C[C@]67C[C@@]57CC[C@]34C)[C@@H](O)O2)OC1=O. The van der Waals surface area contributed by atoms with E-state index in [9.17, 15) is 14.7 Å². The number of fused-ring (bicyclic) bond motifs is 2. The van der Waals surface area contributed by atoms with Crippen LogP contribution in [0.4, 0.5) is 0 Å². The summed E-state index contributed by atoms with van der Waals surface area (Å²) < 4.78 is 11.6. The number of hydrogen-bond acceptors (Lipinski definition) is 5. The largest absolute Gasteiger partial charge is 0.426 e. The third-order valence-electron chi connectivity index (χ3n) is 13.2. The summed E-state index contributed by atoms with van der Waals surface area (Å²) in [5.74, 6) is 0.329. The van der Waals surface area contributed by atoms with Gasteiger partial charge in [-0.3, -0.25) is 4.79 Å². The van der Waals surface area contributed by atoms with Crippen molar-refractivity contribution < 1.29 is 24.2 Å². The molecule has 0 aromatic rings. The molecule has 0 aromatic carbocycles. The third-order valence-corrected chi connectivity index (χ3v) is 13.2. The lowest BCUT2D eigenvalue weighted by Crippen LogP contribution is -2.56. The predicted octanol–water partition coefficient (Wildman–Crippen LogP) is 5.32. The quantitative estimate of drug-likeness (QED) is 0.514. The minimum absolute atomic E-state index is 0.0264. The molecule has 3 spiro atoms. The van der Waals surface area contributed by atoms with Gasteiger partial charge in [-0.05, 0) is 103 Å². The molecule has 5 aliphatic carbocycles. The van der Waals surface area contributed by atoms with Gasteiger partial charge in [0.2, 0.25) is 5.79 Å². The fourth-order valence-electron chi connectivity index (χ4n) is 11.3. The number of hydrogen-bond donors (Lipinski definition) is 1. The van der Waals surface area contributed by atoms with Crippen molar-refractivity contribution in [3.63, 3.8) is 0 Å². The van der Waals surface area contributed by atoms with Gasteiger partial charge in [0.25, 0.3) is 0 Å². The topological polar surface area (TPSA) is 72.8 Å². The molecule has 7 aliphatic rings. The molecule has 5 nitrogen and oxygen atoms in total. The number of ether oxygens (including phenoxy) is 2. The number of aliphatic hydroxyl groups excluding tert-OH is 1. The lowest BCUT2D eigenvalue weighted by atomic mass is 9.42. The molecule has 5 heteroatoms. The molecule has 10 atom stereocenters. The van der Waals surface area contributed by atoms with Gasteiger partial charge in [-0.1, -0.05) is 33.8 Å². The fraction of sp³-hybridized carbons (Fsp3) is 0.800. The summed E-state index contributed by atoms with van der Waals surface area (Å²) in [6, 6.07) is 0. The van der Waals surface area contributed by atoms with Gasteiger partial charge in [0.05, 0.1) is 0 Å². The van der Waals surface area contributed by atoms with Crippen molar-refractivity contribution in [2.24, 2.45) is 50.7 Å². The molecule has 0 bridgehead atoms. The maximum absolute atomic E-state index is 12.8. The fourth-order valence-corrected chi connectivity index (χ4v) is 11.3. The Hall–Kier alpha value is -1.46. The highest BCUT2D eigenvalue weighted by Gasteiger charge is 2.82. The zero-order chi connectivity index (χ0) is 24.8. The van der Waals surface area contributed by atoms with Crippen molar-refractivity contribution in [1.82, 2.24) is 0 Å². The van der Waals surface area contributed by atoms with Crippen LogP contribution in [0, 0.1) is 50.7 Å². The highest BCUT2D eigenvalue weighted by Crippen LogP contribution is 2.88. The molecule has 4 saturated carbocycles. The third kappa shape index (κ3) is 2.40. The minimum atomic E-state index is -1.08. The number of rotatable bonds is 1. The van der Waals surface area contributed by atoms with Crippen molar-refractivity contribution in [2.45, 2.75) is 98.1 Å². The Morgan fingerprint density at radius 3 is 2.43 bits per heavy atom. The summed E-state index contributed by atoms with van der Waals surface area (Å²) in [5.41, 5.74) is 1.17. The molecule has 1 N–H and O–H groups in total. The van der Waals surface area contributed by atoms with Crippen molar-refractivity contribution in [3.8, 4) is 0 Å². The number of allylic oxidation sites excluding steroid dienone is 2. The smallest absolute Gasteiger partial charge is 0.336 e. The van der Waals surface area contributed by atoms with Gasteiger partial charge in [0, 0.05) is 23.3 Å². The second-order valence-electron chi connectivity index (χ2n) is 14.4. The summed E-state index contributed by atoms with van der Waals surface area (Å²) in [7, 11) is 0. The molecule has 190 valence electrons. The van der Waals surface area contributed by atoms with Crippen LogP contribution in [0.1, 0.15) is 86.0 Å². The van der Waals surface area contributed by atoms with Crippen molar-refractivity contribution in [1.29, 1.82) is 0 Å². The number of carbonyl (C=O) groups is 2. The first-order valence-corrected chi connectivity index (χ1v) is 13.9. The highest BCUT2D eigenvalue weighted by molar-refractivity contribution is 5.96. The molecular formula is C30H40O5. The van der Waals surface area contributed by atoms with Gasteiger partial charge >= 0.3 is 5.97 Å². The molecule has 0 aromatic heterocycles. The van der Waals surface area contributed by atoms with Gasteiger partial charge in [0.1, 0.15) is 0 Å². The Balaban J connectivity index is 1.21. The Bertz CT molecular complexity index is 1100. The minimum Gasteiger partial charge on any atom is -0.426 e. The van der Waals surface area contributed by atoms with Crippen LogP contribution in [0.25, 0.3) is 0 Å². The number of aliphatic hydroxyl groups is 1.